The van der Waals surface area contributed by atoms with Crippen molar-refractivity contribution >= 4 is 0 Å². The van der Waals surface area contributed by atoms with Gasteiger partial charge in [-0.25, -0.2) is 4.98 Å². The SMILES string of the molecule is CCCNC(C)(CO)CC(C)n1cncn1. The second kappa shape index (κ2) is 5.96. The van der Waals surface area contributed by atoms with Crippen molar-refractivity contribution in [2.75, 3.05) is 13.2 Å². The number of nitrogens with zero attached hydrogens (tertiary/aromatic N) is 3. The van der Waals surface area contributed by atoms with E-state index in [1.54, 1.807) is 6.33 Å². The summed E-state index contributed by atoms with van der Waals surface area (Å²) in [6, 6.07) is 0.226. The highest BCUT2D eigenvalue weighted by Gasteiger charge is 2.25. The molecule has 5 nitrogen and oxygen atoms in total. The van der Waals surface area contributed by atoms with Crippen LogP contribution in [0.4, 0.5) is 0 Å². The van der Waals surface area contributed by atoms with Crippen molar-refractivity contribution in [3.05, 3.63) is 12.7 Å². The molecule has 0 fully saturated rings. The maximum absolute atomic E-state index is 9.45. The Hall–Kier alpha value is -0.940. The summed E-state index contributed by atoms with van der Waals surface area (Å²) >= 11 is 0. The third kappa shape index (κ3) is 3.57. The van der Waals surface area contributed by atoms with Gasteiger partial charge in [0.2, 0.25) is 0 Å². The summed E-state index contributed by atoms with van der Waals surface area (Å²) in [5.74, 6) is 0. The van der Waals surface area contributed by atoms with Crippen molar-refractivity contribution in [2.45, 2.75) is 45.2 Å². The number of nitrogens with one attached hydrogen (secondary N) is 1. The van der Waals surface area contributed by atoms with E-state index in [-0.39, 0.29) is 18.2 Å². The van der Waals surface area contributed by atoms with Crippen molar-refractivity contribution in [3.8, 4) is 0 Å². The minimum absolute atomic E-state index is 0.131. The van der Waals surface area contributed by atoms with Gasteiger partial charge in [0.1, 0.15) is 12.7 Å². The maximum atomic E-state index is 9.45. The molecule has 0 saturated heterocycles. The van der Waals surface area contributed by atoms with Gasteiger partial charge in [-0.2, -0.15) is 5.10 Å². The maximum Gasteiger partial charge on any atom is 0.137 e. The van der Waals surface area contributed by atoms with Crippen molar-refractivity contribution in [1.82, 2.24) is 20.1 Å². The van der Waals surface area contributed by atoms with Gasteiger partial charge in [-0.05, 0) is 33.2 Å². The summed E-state index contributed by atoms with van der Waals surface area (Å²) in [5.41, 5.74) is -0.249. The lowest BCUT2D eigenvalue weighted by Gasteiger charge is -2.31. The number of aromatic nitrogens is 3. The Labute approximate surface area is 96.9 Å². The molecule has 2 N–H and O–H groups in total. The van der Waals surface area contributed by atoms with E-state index in [9.17, 15) is 5.11 Å². The van der Waals surface area contributed by atoms with Gasteiger partial charge in [0.25, 0.3) is 0 Å². The topological polar surface area (TPSA) is 63.0 Å². The quantitative estimate of drug-likeness (QED) is 0.727. The lowest BCUT2D eigenvalue weighted by atomic mass is 9.94. The van der Waals surface area contributed by atoms with Crippen molar-refractivity contribution in [1.29, 1.82) is 0 Å². The van der Waals surface area contributed by atoms with E-state index in [2.05, 4.69) is 29.2 Å². The normalized spacial score (nSPS) is 17.0. The van der Waals surface area contributed by atoms with Crippen molar-refractivity contribution < 1.29 is 5.11 Å². The summed E-state index contributed by atoms with van der Waals surface area (Å²) in [6.45, 7) is 7.28. The Morgan fingerprint density at radius 3 is 2.81 bits per heavy atom. The predicted molar refractivity (Wildman–Crippen MR) is 63.1 cm³/mol. The van der Waals surface area contributed by atoms with Crippen LogP contribution in [0.2, 0.25) is 0 Å². The summed E-state index contributed by atoms with van der Waals surface area (Å²) in [7, 11) is 0. The molecule has 0 aliphatic carbocycles. The van der Waals surface area contributed by atoms with Crippen LogP contribution in [-0.2, 0) is 0 Å². The highest BCUT2D eigenvalue weighted by Crippen LogP contribution is 2.19. The Morgan fingerprint density at radius 2 is 2.31 bits per heavy atom. The molecule has 1 aromatic rings. The van der Waals surface area contributed by atoms with Gasteiger partial charge in [-0.3, -0.25) is 4.68 Å². The Balaban J connectivity index is 2.55. The van der Waals surface area contributed by atoms with Gasteiger partial charge in [-0.15, -0.1) is 0 Å². The first-order chi connectivity index (χ1) is 7.61. The molecule has 0 bridgehead atoms. The molecule has 0 spiro atoms. The molecule has 0 aliphatic rings. The molecular formula is C11H22N4O. The van der Waals surface area contributed by atoms with Gasteiger partial charge < -0.3 is 10.4 Å². The molecule has 0 aliphatic heterocycles. The Bertz CT molecular complexity index is 288. The molecule has 0 radical (unpaired) electrons. The first-order valence-corrected chi connectivity index (χ1v) is 5.81. The van der Waals surface area contributed by atoms with E-state index >= 15 is 0 Å². The van der Waals surface area contributed by atoms with Gasteiger partial charge in [0.05, 0.1) is 12.6 Å². The second-order valence-corrected chi connectivity index (χ2v) is 4.57. The average Bonchev–Trinajstić information content (AvgIpc) is 2.80. The third-order valence-corrected chi connectivity index (χ3v) is 2.78. The first kappa shape index (κ1) is 13.1. The fourth-order valence-corrected chi connectivity index (χ4v) is 1.81. The highest BCUT2D eigenvalue weighted by atomic mass is 16.3. The van der Waals surface area contributed by atoms with Crippen LogP contribution >= 0.6 is 0 Å². The molecule has 0 aromatic carbocycles. The molecule has 2 unspecified atom stereocenters. The number of hydrogen-bond donors (Lipinski definition) is 2. The molecule has 2 atom stereocenters. The molecule has 1 aromatic heterocycles. The second-order valence-electron chi connectivity index (χ2n) is 4.57. The summed E-state index contributed by atoms with van der Waals surface area (Å²) in [4.78, 5) is 3.93. The van der Waals surface area contributed by atoms with E-state index in [1.807, 2.05) is 11.6 Å². The van der Waals surface area contributed by atoms with Crippen LogP contribution in [0.15, 0.2) is 12.7 Å². The molecule has 0 saturated carbocycles. The van der Waals surface area contributed by atoms with E-state index in [4.69, 9.17) is 0 Å². The summed E-state index contributed by atoms with van der Waals surface area (Å²) in [6.07, 6.45) is 5.13. The van der Waals surface area contributed by atoms with Gasteiger partial charge in [-0.1, -0.05) is 6.92 Å². The minimum Gasteiger partial charge on any atom is -0.394 e. The Kier molecular flexibility index (Phi) is 4.89. The molecule has 5 heteroatoms. The van der Waals surface area contributed by atoms with Crippen LogP contribution in [0.5, 0.6) is 0 Å². The molecule has 92 valence electrons. The number of aliphatic hydroxyl groups is 1. The van der Waals surface area contributed by atoms with Crippen molar-refractivity contribution in [3.63, 3.8) is 0 Å². The highest BCUT2D eigenvalue weighted by molar-refractivity contribution is 4.85. The Morgan fingerprint density at radius 1 is 1.56 bits per heavy atom. The van der Waals surface area contributed by atoms with E-state index < -0.39 is 0 Å². The number of hydrogen-bond acceptors (Lipinski definition) is 4. The summed E-state index contributed by atoms with van der Waals surface area (Å²) in [5, 5.41) is 16.9. The third-order valence-electron chi connectivity index (χ3n) is 2.78. The average molecular weight is 226 g/mol. The number of aliphatic hydroxyl groups excluding tert-OH is 1. The van der Waals surface area contributed by atoms with Crippen LogP contribution in [0.25, 0.3) is 0 Å². The lowest BCUT2D eigenvalue weighted by Crippen LogP contribution is -2.47. The number of rotatable bonds is 7. The lowest BCUT2D eigenvalue weighted by molar-refractivity contribution is 0.149. The minimum atomic E-state index is -0.249. The fourth-order valence-electron chi connectivity index (χ4n) is 1.81. The van der Waals surface area contributed by atoms with Crippen molar-refractivity contribution in [2.24, 2.45) is 0 Å². The van der Waals surface area contributed by atoms with Crippen LogP contribution in [-0.4, -0.2) is 38.6 Å². The zero-order chi connectivity index (χ0) is 12.0. The van der Waals surface area contributed by atoms with Gasteiger partial charge in [0, 0.05) is 5.54 Å². The summed E-state index contributed by atoms with van der Waals surface area (Å²) < 4.78 is 1.82. The van der Waals surface area contributed by atoms with E-state index in [1.165, 1.54) is 6.33 Å². The van der Waals surface area contributed by atoms with Crippen LogP contribution in [0, 0.1) is 0 Å². The zero-order valence-corrected chi connectivity index (χ0v) is 10.3. The molecule has 1 heterocycles. The van der Waals surface area contributed by atoms with E-state index in [0.29, 0.717) is 0 Å². The largest absolute Gasteiger partial charge is 0.394 e. The zero-order valence-electron chi connectivity index (χ0n) is 10.3. The van der Waals surface area contributed by atoms with Gasteiger partial charge >= 0.3 is 0 Å². The van der Waals surface area contributed by atoms with Crippen LogP contribution in [0.1, 0.15) is 39.7 Å². The van der Waals surface area contributed by atoms with Crippen LogP contribution < -0.4 is 5.32 Å². The molecule has 16 heavy (non-hydrogen) atoms. The standard InChI is InChI=1S/C11H22N4O/c1-4-5-13-11(3,7-16)6-10(2)15-9-12-8-14-15/h8-10,13,16H,4-7H2,1-3H3. The van der Waals surface area contributed by atoms with E-state index in [0.717, 1.165) is 19.4 Å². The van der Waals surface area contributed by atoms with Crippen LogP contribution in [0.3, 0.4) is 0 Å². The first-order valence-electron chi connectivity index (χ1n) is 5.81. The van der Waals surface area contributed by atoms with Gasteiger partial charge in [0.15, 0.2) is 0 Å². The smallest absolute Gasteiger partial charge is 0.137 e. The predicted octanol–water partition coefficient (Wildman–Crippen LogP) is 0.980. The molecular weight excluding hydrogens is 204 g/mol. The molecule has 0 amide bonds. The fraction of sp³-hybridized carbons (Fsp3) is 0.818. The molecule has 1 rings (SSSR count). The monoisotopic (exact) mass is 226 g/mol.